The topological polar surface area (TPSA) is 50.4 Å². The summed E-state index contributed by atoms with van der Waals surface area (Å²) in [4.78, 5) is 12.3. The third-order valence-corrected chi connectivity index (χ3v) is 4.01. The van der Waals surface area contributed by atoms with Crippen LogP contribution in [0.5, 0.6) is 0 Å². The van der Waals surface area contributed by atoms with Crippen LogP contribution in [0.4, 0.5) is 5.69 Å². The van der Waals surface area contributed by atoms with Gasteiger partial charge in [-0.2, -0.15) is 0 Å². The number of hydrogen-bond acceptors (Lipinski definition) is 4. The minimum atomic E-state index is -0.0191. The van der Waals surface area contributed by atoms with Gasteiger partial charge >= 0.3 is 0 Å². The highest BCUT2D eigenvalue weighted by molar-refractivity contribution is 7.10. The molecular weight excluding hydrogens is 248 g/mol. The number of carbonyl (C=O) groups is 1. The normalized spacial score (nSPS) is 23.9. The van der Waals surface area contributed by atoms with Crippen LogP contribution in [0.15, 0.2) is 11.4 Å². The van der Waals surface area contributed by atoms with E-state index in [4.69, 9.17) is 4.74 Å². The molecule has 0 radical (unpaired) electrons. The summed E-state index contributed by atoms with van der Waals surface area (Å²) in [5.74, 6) is -0.0191. The van der Waals surface area contributed by atoms with Crippen molar-refractivity contribution in [2.24, 2.45) is 0 Å². The van der Waals surface area contributed by atoms with Crippen molar-refractivity contribution in [1.82, 2.24) is 5.32 Å². The van der Waals surface area contributed by atoms with E-state index >= 15 is 0 Å². The summed E-state index contributed by atoms with van der Waals surface area (Å²) in [5.41, 5.74) is 0.931. The Morgan fingerprint density at radius 1 is 1.61 bits per heavy atom. The first-order valence-corrected chi connectivity index (χ1v) is 7.22. The molecule has 2 unspecified atom stereocenters. The van der Waals surface area contributed by atoms with Gasteiger partial charge in [0.25, 0.3) is 0 Å². The lowest BCUT2D eigenvalue weighted by atomic mass is 10.0. The molecule has 0 aromatic carbocycles. The van der Waals surface area contributed by atoms with Crippen LogP contribution in [0, 0.1) is 0 Å². The number of anilines is 1. The van der Waals surface area contributed by atoms with E-state index in [9.17, 15) is 4.79 Å². The van der Waals surface area contributed by atoms with E-state index in [-0.39, 0.29) is 5.91 Å². The quantitative estimate of drug-likeness (QED) is 0.881. The number of rotatable bonds is 4. The van der Waals surface area contributed by atoms with Crippen LogP contribution in [-0.2, 0) is 16.1 Å². The van der Waals surface area contributed by atoms with E-state index in [0.29, 0.717) is 12.1 Å². The van der Waals surface area contributed by atoms with Gasteiger partial charge < -0.3 is 15.4 Å². The van der Waals surface area contributed by atoms with E-state index in [2.05, 4.69) is 17.6 Å². The lowest BCUT2D eigenvalue weighted by molar-refractivity contribution is -0.114. The molecule has 5 heteroatoms. The highest BCUT2D eigenvalue weighted by Crippen LogP contribution is 2.23. The van der Waals surface area contributed by atoms with Gasteiger partial charge in [0, 0.05) is 31.0 Å². The third kappa shape index (κ3) is 3.80. The van der Waals surface area contributed by atoms with Gasteiger partial charge in [0.1, 0.15) is 0 Å². The molecule has 2 rings (SSSR count). The van der Waals surface area contributed by atoms with Crippen molar-refractivity contribution in [3.63, 3.8) is 0 Å². The van der Waals surface area contributed by atoms with Crippen molar-refractivity contribution in [1.29, 1.82) is 0 Å². The van der Waals surface area contributed by atoms with Crippen LogP contribution in [0.1, 0.15) is 31.6 Å². The molecule has 1 amide bonds. The summed E-state index contributed by atoms with van der Waals surface area (Å²) in [6, 6.07) is 2.47. The third-order valence-electron chi connectivity index (χ3n) is 3.09. The summed E-state index contributed by atoms with van der Waals surface area (Å²) >= 11 is 1.67. The molecule has 0 aliphatic carbocycles. The monoisotopic (exact) mass is 268 g/mol. The number of thiophene rings is 1. The van der Waals surface area contributed by atoms with Gasteiger partial charge in [0.15, 0.2) is 0 Å². The summed E-state index contributed by atoms with van der Waals surface area (Å²) in [5, 5.41) is 8.41. The van der Waals surface area contributed by atoms with E-state index in [1.165, 1.54) is 11.8 Å². The summed E-state index contributed by atoms with van der Waals surface area (Å²) in [6.45, 7) is 5.29. The van der Waals surface area contributed by atoms with Gasteiger partial charge in [-0.1, -0.05) is 0 Å². The molecule has 1 saturated heterocycles. The molecule has 1 aromatic heterocycles. The molecule has 1 fully saturated rings. The Hall–Kier alpha value is -0.910. The highest BCUT2D eigenvalue weighted by atomic mass is 32.1. The number of carbonyl (C=O) groups excluding carboxylic acids is 1. The standard InChI is InChI=1S/C13H20N2O2S/c1-9-7-11(3-5-17-9)14-8-13-12(4-6-18-13)15-10(2)16/h4,6,9,11,14H,3,5,7-8H2,1-2H3,(H,15,16). The molecule has 2 atom stereocenters. The van der Waals surface area contributed by atoms with Crippen LogP contribution in [-0.4, -0.2) is 24.7 Å². The second kappa shape index (κ2) is 6.31. The Balaban J connectivity index is 1.86. The first kappa shape index (κ1) is 13.5. The molecule has 2 N–H and O–H groups in total. The smallest absolute Gasteiger partial charge is 0.221 e. The van der Waals surface area contributed by atoms with Crippen molar-refractivity contribution >= 4 is 22.9 Å². The van der Waals surface area contributed by atoms with Crippen molar-refractivity contribution in [3.8, 4) is 0 Å². The largest absolute Gasteiger partial charge is 0.378 e. The molecule has 100 valence electrons. The summed E-state index contributed by atoms with van der Waals surface area (Å²) in [6.07, 6.45) is 2.46. The second-order valence-corrected chi connectivity index (χ2v) is 5.72. The number of nitrogens with one attached hydrogen (secondary N) is 2. The van der Waals surface area contributed by atoms with Crippen LogP contribution >= 0.6 is 11.3 Å². The maximum Gasteiger partial charge on any atom is 0.221 e. The average Bonchev–Trinajstić information content (AvgIpc) is 2.73. The Morgan fingerprint density at radius 2 is 2.44 bits per heavy atom. The molecule has 4 nitrogen and oxygen atoms in total. The van der Waals surface area contributed by atoms with Gasteiger partial charge in [-0.05, 0) is 31.2 Å². The first-order valence-electron chi connectivity index (χ1n) is 6.34. The molecule has 18 heavy (non-hydrogen) atoms. The Labute approximate surface area is 112 Å². The molecule has 1 aliphatic rings. The van der Waals surface area contributed by atoms with Crippen molar-refractivity contribution in [3.05, 3.63) is 16.3 Å². The minimum Gasteiger partial charge on any atom is -0.378 e. The molecule has 1 aromatic rings. The van der Waals surface area contributed by atoms with Gasteiger partial charge in [-0.3, -0.25) is 4.79 Å². The number of hydrogen-bond donors (Lipinski definition) is 2. The van der Waals surface area contributed by atoms with E-state index in [1.54, 1.807) is 11.3 Å². The Morgan fingerprint density at radius 3 is 3.17 bits per heavy atom. The predicted octanol–water partition coefficient (Wildman–Crippen LogP) is 2.36. The number of ether oxygens (including phenoxy) is 1. The van der Waals surface area contributed by atoms with E-state index in [1.807, 2.05) is 11.4 Å². The lowest BCUT2D eigenvalue weighted by Crippen LogP contribution is -2.37. The zero-order valence-electron chi connectivity index (χ0n) is 10.9. The van der Waals surface area contributed by atoms with Gasteiger partial charge in [-0.25, -0.2) is 0 Å². The molecule has 0 saturated carbocycles. The van der Waals surface area contributed by atoms with Crippen LogP contribution in [0.2, 0.25) is 0 Å². The maximum absolute atomic E-state index is 11.1. The minimum absolute atomic E-state index is 0.0191. The van der Waals surface area contributed by atoms with Crippen LogP contribution in [0.3, 0.4) is 0 Å². The van der Waals surface area contributed by atoms with E-state index in [0.717, 1.165) is 31.7 Å². The Kier molecular flexibility index (Phi) is 4.74. The van der Waals surface area contributed by atoms with Crippen LogP contribution < -0.4 is 10.6 Å². The second-order valence-electron chi connectivity index (χ2n) is 4.72. The predicted molar refractivity (Wildman–Crippen MR) is 73.9 cm³/mol. The lowest BCUT2D eigenvalue weighted by Gasteiger charge is -2.28. The van der Waals surface area contributed by atoms with Gasteiger partial charge in [0.05, 0.1) is 11.8 Å². The van der Waals surface area contributed by atoms with E-state index < -0.39 is 0 Å². The Bertz CT molecular complexity index is 405. The highest BCUT2D eigenvalue weighted by Gasteiger charge is 2.19. The van der Waals surface area contributed by atoms with Gasteiger partial charge in [-0.15, -0.1) is 11.3 Å². The molecule has 1 aliphatic heterocycles. The summed E-state index contributed by atoms with van der Waals surface area (Å²) in [7, 11) is 0. The van der Waals surface area contributed by atoms with Crippen molar-refractivity contribution < 1.29 is 9.53 Å². The van der Waals surface area contributed by atoms with Gasteiger partial charge in [0.2, 0.25) is 5.91 Å². The fraction of sp³-hybridized carbons (Fsp3) is 0.615. The zero-order valence-corrected chi connectivity index (χ0v) is 11.7. The SMILES string of the molecule is CC(=O)Nc1ccsc1CNC1CCOC(C)C1. The molecule has 0 bridgehead atoms. The van der Waals surface area contributed by atoms with Crippen molar-refractivity contribution in [2.75, 3.05) is 11.9 Å². The molecular formula is C13H20N2O2S. The molecule has 2 heterocycles. The fourth-order valence-corrected chi connectivity index (χ4v) is 2.98. The zero-order chi connectivity index (χ0) is 13.0. The maximum atomic E-state index is 11.1. The fourth-order valence-electron chi connectivity index (χ4n) is 2.20. The first-order chi connectivity index (χ1) is 8.65. The summed E-state index contributed by atoms with van der Waals surface area (Å²) < 4.78 is 5.53. The molecule has 0 spiro atoms. The van der Waals surface area contributed by atoms with Crippen LogP contribution in [0.25, 0.3) is 0 Å². The average molecular weight is 268 g/mol. The number of amides is 1. The van der Waals surface area contributed by atoms with Crippen molar-refractivity contribution in [2.45, 2.75) is 45.4 Å².